The molecule has 0 radical (unpaired) electrons. The van der Waals surface area contributed by atoms with Gasteiger partial charge in [0.25, 0.3) is 0 Å². The minimum atomic E-state index is -0.545. The monoisotopic (exact) mass is 295 g/mol. The quantitative estimate of drug-likeness (QED) is 0.395. The predicted octanol–water partition coefficient (Wildman–Crippen LogP) is 3.24. The minimum absolute atomic E-state index is 0.191. The Morgan fingerprint density at radius 3 is 2.71 bits per heavy atom. The summed E-state index contributed by atoms with van der Waals surface area (Å²) >= 11 is 0. The molecule has 0 aromatic carbocycles. The number of nitrogens with zero attached hydrogens (tertiary/aromatic N) is 2. The van der Waals surface area contributed by atoms with Gasteiger partial charge in [-0.2, -0.15) is 4.99 Å². The van der Waals surface area contributed by atoms with E-state index in [4.69, 9.17) is 14.4 Å². The zero-order valence-corrected chi connectivity index (χ0v) is 12.9. The molecular weight excluding hydrogens is 272 g/mol. The molecule has 1 aliphatic carbocycles. The fourth-order valence-corrected chi connectivity index (χ4v) is 2.25. The van der Waals surface area contributed by atoms with Crippen molar-refractivity contribution in [1.82, 2.24) is 10.4 Å². The van der Waals surface area contributed by atoms with E-state index >= 15 is 0 Å². The molecule has 0 saturated heterocycles. The summed E-state index contributed by atoms with van der Waals surface area (Å²) < 4.78 is 5.14. The summed E-state index contributed by atoms with van der Waals surface area (Å²) in [5.41, 5.74) is 1.26. The number of rotatable bonds is 9. The van der Waals surface area contributed by atoms with Crippen LogP contribution in [0.25, 0.3) is 0 Å². The maximum atomic E-state index is 12.1. The third-order valence-corrected chi connectivity index (χ3v) is 4.16. The number of hydroxylamine groups is 2. The Morgan fingerprint density at radius 1 is 1.52 bits per heavy atom. The van der Waals surface area contributed by atoms with E-state index in [0.29, 0.717) is 18.3 Å². The molecule has 0 aliphatic heterocycles. The highest BCUT2D eigenvalue weighted by Gasteiger charge is 2.46. The number of aryl methyl sites for hydroxylation is 2. The lowest BCUT2D eigenvalue weighted by Gasteiger charge is -2.34. The average molecular weight is 295 g/mol. The van der Waals surface area contributed by atoms with Crippen molar-refractivity contribution in [2.75, 3.05) is 6.61 Å². The van der Waals surface area contributed by atoms with Crippen molar-refractivity contribution in [2.45, 2.75) is 52.0 Å². The van der Waals surface area contributed by atoms with Crippen LogP contribution in [0.4, 0.5) is 0 Å². The second kappa shape index (κ2) is 6.70. The number of aromatic nitrogens is 1. The molecule has 6 heteroatoms. The topological polar surface area (TPSA) is 70.8 Å². The largest absolute Gasteiger partial charge is 0.759 e. The molecule has 118 valence electrons. The van der Waals surface area contributed by atoms with Crippen LogP contribution >= 0.6 is 0 Å². The van der Waals surface area contributed by atoms with Gasteiger partial charge in [-0.3, -0.25) is 0 Å². The van der Waals surface area contributed by atoms with Crippen LogP contribution in [0.3, 0.4) is 0 Å². The molecule has 1 fully saturated rings. The van der Waals surface area contributed by atoms with Crippen LogP contribution in [0, 0.1) is 25.0 Å². The Balaban J connectivity index is 1.87. The molecule has 2 rings (SSSR count). The highest BCUT2D eigenvalue weighted by Crippen LogP contribution is 2.45. The Bertz CT molecular complexity index is 463. The van der Waals surface area contributed by atoms with Gasteiger partial charge in [-0.1, -0.05) is 18.2 Å². The Morgan fingerprint density at radius 2 is 2.24 bits per heavy atom. The SMILES string of the molecule is C=CC(CC)COON([O-])C1(Cc2c(C)noc2C)CC1. The zero-order valence-electron chi connectivity index (χ0n) is 12.9. The van der Waals surface area contributed by atoms with E-state index in [1.165, 1.54) is 0 Å². The highest BCUT2D eigenvalue weighted by molar-refractivity contribution is 5.26. The van der Waals surface area contributed by atoms with Crippen molar-refractivity contribution < 1.29 is 14.4 Å². The first-order valence-electron chi connectivity index (χ1n) is 7.33. The number of hydrogen-bond acceptors (Lipinski definition) is 6. The van der Waals surface area contributed by atoms with Gasteiger partial charge < -0.3 is 9.73 Å². The summed E-state index contributed by atoms with van der Waals surface area (Å²) in [7, 11) is 0. The van der Waals surface area contributed by atoms with Crippen molar-refractivity contribution in [3.63, 3.8) is 0 Å². The second-order valence-corrected chi connectivity index (χ2v) is 5.72. The Kier molecular flexibility index (Phi) is 5.16. The normalized spacial score (nSPS) is 18.0. The van der Waals surface area contributed by atoms with Crippen molar-refractivity contribution in [1.29, 1.82) is 0 Å². The molecule has 1 aromatic rings. The van der Waals surface area contributed by atoms with Gasteiger partial charge in [0, 0.05) is 17.0 Å². The van der Waals surface area contributed by atoms with Gasteiger partial charge in [-0.05, 0) is 39.5 Å². The van der Waals surface area contributed by atoms with E-state index in [1.54, 1.807) is 6.08 Å². The van der Waals surface area contributed by atoms with Gasteiger partial charge in [-0.25, -0.2) is 10.1 Å². The van der Waals surface area contributed by atoms with Gasteiger partial charge in [0.05, 0.1) is 12.3 Å². The van der Waals surface area contributed by atoms with Crippen LogP contribution in [-0.2, 0) is 16.3 Å². The fourth-order valence-electron chi connectivity index (χ4n) is 2.25. The first kappa shape index (κ1) is 16.2. The summed E-state index contributed by atoms with van der Waals surface area (Å²) in [4.78, 5) is 9.96. The summed E-state index contributed by atoms with van der Waals surface area (Å²) in [6, 6.07) is 0. The van der Waals surface area contributed by atoms with Gasteiger partial charge in [0.2, 0.25) is 0 Å². The summed E-state index contributed by atoms with van der Waals surface area (Å²) in [6.45, 7) is 9.82. The second-order valence-electron chi connectivity index (χ2n) is 5.72. The van der Waals surface area contributed by atoms with Gasteiger partial charge >= 0.3 is 0 Å². The maximum Gasteiger partial charge on any atom is 0.137 e. The predicted molar refractivity (Wildman–Crippen MR) is 77.9 cm³/mol. The number of hydrogen-bond donors (Lipinski definition) is 0. The van der Waals surface area contributed by atoms with E-state index in [9.17, 15) is 5.21 Å². The Labute approximate surface area is 125 Å². The average Bonchev–Trinajstić information content (AvgIpc) is 3.21. The minimum Gasteiger partial charge on any atom is -0.759 e. The van der Waals surface area contributed by atoms with Gasteiger partial charge in [0.15, 0.2) is 0 Å². The van der Waals surface area contributed by atoms with Crippen LogP contribution in [0.1, 0.15) is 43.2 Å². The van der Waals surface area contributed by atoms with Crippen LogP contribution in [0.5, 0.6) is 0 Å². The molecule has 1 heterocycles. The van der Waals surface area contributed by atoms with Crippen molar-refractivity contribution in [3.8, 4) is 0 Å². The molecule has 1 atom stereocenters. The smallest absolute Gasteiger partial charge is 0.137 e. The standard InChI is InChI=1S/C15H23N2O4/c1-5-13(6-2)10-19-21-17(18)15(7-8-15)9-14-11(3)16-20-12(14)4/h5,13H,1,6-10H2,2-4H3/q-1. The summed E-state index contributed by atoms with van der Waals surface area (Å²) in [5.74, 6) is 0.946. The fraction of sp³-hybridized carbons (Fsp3) is 0.667. The molecule has 0 amide bonds. The Hall–Kier alpha value is -1.21. The maximum absolute atomic E-state index is 12.1. The van der Waals surface area contributed by atoms with Crippen LogP contribution < -0.4 is 0 Å². The first-order chi connectivity index (χ1) is 10.0. The van der Waals surface area contributed by atoms with Crippen LogP contribution in [0.15, 0.2) is 17.2 Å². The van der Waals surface area contributed by atoms with E-state index < -0.39 is 5.54 Å². The highest BCUT2D eigenvalue weighted by atomic mass is 17.3. The third-order valence-electron chi connectivity index (χ3n) is 4.16. The molecule has 1 aliphatic rings. The van der Waals surface area contributed by atoms with Crippen LogP contribution in [-0.4, -0.2) is 22.5 Å². The van der Waals surface area contributed by atoms with Gasteiger partial charge in [0.1, 0.15) is 5.76 Å². The van der Waals surface area contributed by atoms with Crippen molar-refractivity contribution in [3.05, 3.63) is 34.9 Å². The van der Waals surface area contributed by atoms with Crippen molar-refractivity contribution in [2.24, 2.45) is 5.92 Å². The lowest BCUT2D eigenvalue weighted by molar-refractivity contribution is -0.427. The van der Waals surface area contributed by atoms with Gasteiger partial charge in [-0.15, -0.1) is 6.58 Å². The van der Waals surface area contributed by atoms with E-state index in [1.807, 2.05) is 20.8 Å². The molecule has 1 aromatic heterocycles. The third kappa shape index (κ3) is 3.71. The summed E-state index contributed by atoms with van der Waals surface area (Å²) in [5, 5.41) is 16.6. The molecule has 6 nitrogen and oxygen atoms in total. The molecule has 0 spiro atoms. The van der Waals surface area contributed by atoms with Crippen LogP contribution in [0.2, 0.25) is 0 Å². The molecular formula is C15H23N2O4-. The molecule has 0 N–H and O–H groups in total. The van der Waals surface area contributed by atoms with E-state index in [-0.39, 0.29) is 5.92 Å². The van der Waals surface area contributed by atoms with Crippen molar-refractivity contribution >= 4 is 0 Å². The molecule has 1 saturated carbocycles. The summed E-state index contributed by atoms with van der Waals surface area (Å²) in [6.07, 6.45) is 4.83. The molecule has 0 bridgehead atoms. The lowest BCUT2D eigenvalue weighted by Crippen LogP contribution is -2.35. The lowest BCUT2D eigenvalue weighted by atomic mass is 10.0. The zero-order chi connectivity index (χ0) is 15.5. The van der Waals surface area contributed by atoms with E-state index in [0.717, 1.165) is 36.3 Å². The molecule has 1 unspecified atom stereocenters. The van der Waals surface area contributed by atoms with E-state index in [2.05, 4.69) is 11.7 Å². The first-order valence-corrected chi connectivity index (χ1v) is 7.33. The molecule has 21 heavy (non-hydrogen) atoms.